The number of amides is 2. The van der Waals surface area contributed by atoms with Gasteiger partial charge in [-0.05, 0) is 40.8 Å². The van der Waals surface area contributed by atoms with Crippen molar-refractivity contribution in [2.24, 2.45) is 0 Å². The normalized spacial score (nSPS) is 13.9. The van der Waals surface area contributed by atoms with E-state index in [4.69, 9.17) is 14.2 Å². The van der Waals surface area contributed by atoms with Crippen molar-refractivity contribution in [1.82, 2.24) is 4.90 Å². The molecule has 1 saturated heterocycles. The highest BCUT2D eigenvalue weighted by Gasteiger charge is 2.30. The summed E-state index contributed by atoms with van der Waals surface area (Å²) in [6.07, 6.45) is 0.724. The average molecular weight is 444 g/mol. The number of methoxy groups -OCH3 is 2. The lowest BCUT2D eigenvalue weighted by atomic mass is 10.1. The number of imide groups is 1. The molecule has 3 aromatic rings. The summed E-state index contributed by atoms with van der Waals surface area (Å²) in [5.74, 6) is 2.28. The van der Waals surface area contributed by atoms with E-state index < -0.39 is 0 Å². The number of fused-ring (bicyclic) bond motifs is 1. The zero-order valence-corrected chi connectivity index (χ0v) is 18.3. The Labute approximate surface area is 182 Å². The van der Waals surface area contributed by atoms with Crippen molar-refractivity contribution in [3.8, 4) is 17.2 Å². The lowest BCUT2D eigenvalue weighted by Gasteiger charge is -2.15. The molecule has 0 radical (unpaired) electrons. The van der Waals surface area contributed by atoms with Crippen molar-refractivity contribution in [2.45, 2.75) is 13.0 Å². The first kappa shape index (κ1) is 20.6. The number of benzene rings is 2. The lowest BCUT2D eigenvalue weighted by Crippen LogP contribution is -2.27. The Morgan fingerprint density at radius 1 is 1.00 bits per heavy atom. The van der Waals surface area contributed by atoms with Gasteiger partial charge >= 0.3 is 0 Å². The summed E-state index contributed by atoms with van der Waals surface area (Å²) < 4.78 is 17.7. The molecule has 0 N–H and O–H groups in total. The molecule has 0 unspecified atom stereocenters. The Morgan fingerprint density at radius 2 is 1.80 bits per heavy atom. The summed E-state index contributed by atoms with van der Waals surface area (Å²) in [5, 5.41) is 2.81. The maximum Gasteiger partial charge on any atom is 0.289 e. The van der Waals surface area contributed by atoms with Crippen molar-refractivity contribution in [1.29, 1.82) is 0 Å². The molecule has 0 spiro atoms. The van der Waals surface area contributed by atoms with Crippen LogP contribution in [0.4, 0.5) is 4.79 Å². The van der Waals surface area contributed by atoms with Crippen LogP contribution < -0.4 is 14.2 Å². The molecule has 2 amide bonds. The molecular weight excluding hydrogens is 422 g/mol. The van der Waals surface area contributed by atoms with Gasteiger partial charge in [0.25, 0.3) is 5.24 Å². The van der Waals surface area contributed by atoms with E-state index in [1.807, 2.05) is 41.8 Å². The summed E-state index contributed by atoms with van der Waals surface area (Å²) >= 11 is 2.64. The molecule has 0 aliphatic carbocycles. The highest BCUT2D eigenvalue weighted by atomic mass is 32.2. The molecule has 1 aromatic heterocycles. The number of carbonyl (C=O) groups excluding carboxylic acids is 2. The summed E-state index contributed by atoms with van der Waals surface area (Å²) in [6.45, 7) is 0.813. The maximum atomic E-state index is 11.9. The van der Waals surface area contributed by atoms with Gasteiger partial charge in [0.2, 0.25) is 5.91 Å². The van der Waals surface area contributed by atoms with Crippen LogP contribution in [-0.2, 0) is 17.8 Å². The van der Waals surface area contributed by atoms with Crippen LogP contribution in [0.5, 0.6) is 17.2 Å². The molecule has 0 atom stereocenters. The van der Waals surface area contributed by atoms with E-state index in [0.29, 0.717) is 24.7 Å². The topological polar surface area (TPSA) is 65.1 Å². The number of ether oxygens (including phenoxy) is 3. The van der Waals surface area contributed by atoms with Crippen LogP contribution in [0.25, 0.3) is 10.1 Å². The first-order valence-corrected chi connectivity index (χ1v) is 11.3. The molecule has 1 fully saturated rings. The molecule has 156 valence electrons. The fourth-order valence-electron chi connectivity index (χ4n) is 3.36. The second-order valence-corrected chi connectivity index (χ2v) is 8.55. The molecule has 0 saturated carbocycles. The van der Waals surface area contributed by atoms with Crippen molar-refractivity contribution in [3.05, 3.63) is 52.9 Å². The van der Waals surface area contributed by atoms with Gasteiger partial charge in [0.15, 0.2) is 11.5 Å². The zero-order valence-electron chi connectivity index (χ0n) is 16.7. The van der Waals surface area contributed by atoms with Gasteiger partial charge in [-0.1, -0.05) is 23.9 Å². The number of hydrogen-bond donors (Lipinski definition) is 0. The van der Waals surface area contributed by atoms with Crippen LogP contribution in [0.1, 0.15) is 11.1 Å². The number of hydrogen-bond acceptors (Lipinski definition) is 7. The monoisotopic (exact) mass is 443 g/mol. The molecular formula is C22H21NO5S2. The molecule has 1 aliphatic heterocycles. The Kier molecular flexibility index (Phi) is 6.15. The van der Waals surface area contributed by atoms with Gasteiger partial charge in [-0.2, -0.15) is 0 Å². The largest absolute Gasteiger partial charge is 0.493 e. The van der Waals surface area contributed by atoms with Crippen LogP contribution in [0, 0.1) is 0 Å². The second kappa shape index (κ2) is 8.97. The molecule has 6 nitrogen and oxygen atoms in total. The van der Waals surface area contributed by atoms with Crippen LogP contribution in [-0.4, -0.2) is 42.6 Å². The van der Waals surface area contributed by atoms with Crippen molar-refractivity contribution >= 4 is 44.3 Å². The Bertz CT molecular complexity index is 1080. The minimum Gasteiger partial charge on any atom is -0.493 e. The lowest BCUT2D eigenvalue weighted by molar-refractivity contribution is -0.124. The SMILES string of the molecule is COc1ccc(CCOc2ccc(CN3C(=O)CSC3=O)c3sccc23)cc1OC. The van der Waals surface area contributed by atoms with Gasteiger partial charge < -0.3 is 14.2 Å². The van der Waals surface area contributed by atoms with Crippen molar-refractivity contribution < 1.29 is 23.8 Å². The second-order valence-electron chi connectivity index (χ2n) is 6.71. The van der Waals surface area contributed by atoms with Gasteiger partial charge in [-0.25, -0.2) is 0 Å². The summed E-state index contributed by atoms with van der Waals surface area (Å²) in [4.78, 5) is 25.2. The quantitative estimate of drug-likeness (QED) is 0.501. The fraction of sp³-hybridized carbons (Fsp3) is 0.273. The van der Waals surface area contributed by atoms with E-state index in [0.717, 1.165) is 45.1 Å². The smallest absolute Gasteiger partial charge is 0.289 e. The predicted molar refractivity (Wildman–Crippen MR) is 119 cm³/mol. The minimum absolute atomic E-state index is 0.134. The van der Waals surface area contributed by atoms with Crippen LogP contribution in [0.15, 0.2) is 41.8 Å². The zero-order chi connectivity index (χ0) is 21.1. The number of carbonyl (C=O) groups is 2. The van der Waals surface area contributed by atoms with Gasteiger partial charge in [0.1, 0.15) is 5.75 Å². The van der Waals surface area contributed by atoms with E-state index in [-0.39, 0.29) is 16.9 Å². The first-order valence-electron chi connectivity index (χ1n) is 9.40. The molecule has 2 heterocycles. The molecule has 0 bridgehead atoms. The van der Waals surface area contributed by atoms with Gasteiger partial charge in [0, 0.05) is 16.5 Å². The Balaban J connectivity index is 1.46. The predicted octanol–water partition coefficient (Wildman–Crippen LogP) is 4.74. The number of nitrogens with zero attached hydrogens (tertiary/aromatic N) is 1. The highest BCUT2D eigenvalue weighted by molar-refractivity contribution is 8.14. The Morgan fingerprint density at radius 3 is 2.53 bits per heavy atom. The van der Waals surface area contributed by atoms with Crippen LogP contribution in [0.2, 0.25) is 0 Å². The maximum absolute atomic E-state index is 11.9. The molecule has 30 heavy (non-hydrogen) atoms. The summed E-state index contributed by atoms with van der Waals surface area (Å²) in [7, 11) is 3.24. The third-order valence-electron chi connectivity index (χ3n) is 4.92. The first-order chi connectivity index (χ1) is 14.6. The van der Waals surface area contributed by atoms with E-state index in [2.05, 4.69) is 0 Å². The van der Waals surface area contributed by atoms with E-state index in [1.54, 1.807) is 25.6 Å². The van der Waals surface area contributed by atoms with Crippen molar-refractivity contribution in [3.63, 3.8) is 0 Å². The van der Waals surface area contributed by atoms with Gasteiger partial charge in [0.05, 0.1) is 33.1 Å². The summed E-state index contributed by atoms with van der Waals surface area (Å²) in [6, 6.07) is 11.7. The number of thiophene rings is 1. The Hall–Kier alpha value is -2.71. The van der Waals surface area contributed by atoms with Gasteiger partial charge in [-0.3, -0.25) is 14.5 Å². The minimum atomic E-state index is -0.181. The number of rotatable bonds is 8. The van der Waals surface area contributed by atoms with Crippen molar-refractivity contribution in [2.75, 3.05) is 26.6 Å². The summed E-state index contributed by atoms with van der Waals surface area (Å²) in [5.41, 5.74) is 2.05. The standard InChI is InChI=1S/C22H21NO5S2/c1-26-18-5-3-14(11-19(18)27-2)7-9-28-17-6-4-15(21-16(17)8-10-29-21)12-23-20(24)13-30-22(23)25/h3-6,8,10-11H,7,9,12-13H2,1-2H3. The van der Waals surface area contributed by atoms with Crippen LogP contribution in [0.3, 0.4) is 0 Å². The molecule has 8 heteroatoms. The molecule has 1 aliphatic rings. The third-order valence-corrected chi connectivity index (χ3v) is 6.77. The van der Waals surface area contributed by atoms with E-state index in [1.165, 1.54) is 4.90 Å². The van der Waals surface area contributed by atoms with E-state index in [9.17, 15) is 9.59 Å². The number of thioether (sulfide) groups is 1. The van der Waals surface area contributed by atoms with Gasteiger partial charge in [-0.15, -0.1) is 11.3 Å². The average Bonchev–Trinajstić information content (AvgIpc) is 3.37. The third kappa shape index (κ3) is 4.11. The molecule has 2 aromatic carbocycles. The highest BCUT2D eigenvalue weighted by Crippen LogP contribution is 2.35. The van der Waals surface area contributed by atoms with Crippen LogP contribution >= 0.6 is 23.1 Å². The molecule has 4 rings (SSSR count). The fourth-order valence-corrected chi connectivity index (χ4v) is 5.01. The van der Waals surface area contributed by atoms with E-state index >= 15 is 0 Å².